The second-order valence-corrected chi connectivity index (χ2v) is 9.50. The van der Waals surface area contributed by atoms with Crippen LogP contribution >= 0.6 is 0 Å². The summed E-state index contributed by atoms with van der Waals surface area (Å²) >= 11 is 0. The van der Waals surface area contributed by atoms with Crippen LogP contribution in [0, 0.1) is 0 Å². The maximum atomic E-state index is 11.3. The summed E-state index contributed by atoms with van der Waals surface area (Å²) in [6.07, 6.45) is 11.5. The van der Waals surface area contributed by atoms with Crippen LogP contribution in [0.4, 0.5) is 0 Å². The van der Waals surface area contributed by atoms with Crippen LogP contribution in [0.25, 0.3) is 0 Å². The third kappa shape index (κ3) is 12.4. The molecular formula is C31H46O6. The van der Waals surface area contributed by atoms with E-state index in [9.17, 15) is 19.8 Å². The van der Waals surface area contributed by atoms with Crippen LogP contribution in [0.15, 0.2) is 48.5 Å². The zero-order chi connectivity index (χ0) is 27.5. The molecule has 2 aromatic carbocycles. The third-order valence-corrected chi connectivity index (χ3v) is 6.69. The first-order valence-electron chi connectivity index (χ1n) is 13.6. The van der Waals surface area contributed by atoms with Crippen molar-refractivity contribution in [1.29, 1.82) is 0 Å². The molecule has 0 aliphatic carbocycles. The van der Waals surface area contributed by atoms with E-state index in [1.807, 2.05) is 24.3 Å². The molecule has 0 aromatic heterocycles. The Bertz CT molecular complexity index is 876. The predicted molar refractivity (Wildman–Crippen MR) is 148 cm³/mol. The highest BCUT2D eigenvalue weighted by molar-refractivity contribution is 5.89. The summed E-state index contributed by atoms with van der Waals surface area (Å²) in [5.74, 6) is -0.937. The van der Waals surface area contributed by atoms with E-state index in [1.165, 1.54) is 45.6 Å². The van der Waals surface area contributed by atoms with Crippen molar-refractivity contribution in [3.05, 3.63) is 70.8 Å². The average Bonchev–Trinajstić information content (AvgIpc) is 2.93. The lowest BCUT2D eigenvalue weighted by molar-refractivity contribution is 0.0599. The van der Waals surface area contributed by atoms with E-state index < -0.39 is 5.97 Å². The van der Waals surface area contributed by atoms with Crippen molar-refractivity contribution in [2.45, 2.75) is 89.9 Å². The van der Waals surface area contributed by atoms with Gasteiger partial charge in [-0.1, -0.05) is 89.5 Å². The number of rotatable bonds is 16. The fourth-order valence-corrected chi connectivity index (χ4v) is 4.27. The minimum Gasteiger partial charge on any atom is -0.478 e. The molecule has 2 unspecified atom stereocenters. The number of aliphatic hydroxyl groups excluding tert-OH is 2. The van der Waals surface area contributed by atoms with Crippen LogP contribution in [-0.4, -0.2) is 47.6 Å². The largest absolute Gasteiger partial charge is 0.478 e. The molecular weight excluding hydrogens is 468 g/mol. The van der Waals surface area contributed by atoms with Gasteiger partial charge in [-0.15, -0.1) is 0 Å². The van der Waals surface area contributed by atoms with Gasteiger partial charge in [0, 0.05) is 25.0 Å². The minimum absolute atomic E-state index is 0.124. The fourth-order valence-electron chi connectivity index (χ4n) is 4.27. The first-order valence-corrected chi connectivity index (χ1v) is 13.6. The van der Waals surface area contributed by atoms with Crippen molar-refractivity contribution in [3.8, 4) is 0 Å². The number of carboxylic acid groups (broad SMARTS) is 1. The van der Waals surface area contributed by atoms with E-state index in [4.69, 9.17) is 5.11 Å². The van der Waals surface area contributed by atoms with Gasteiger partial charge in [-0.2, -0.15) is 0 Å². The molecule has 0 amide bonds. The van der Waals surface area contributed by atoms with Crippen molar-refractivity contribution in [2.24, 2.45) is 0 Å². The van der Waals surface area contributed by atoms with E-state index >= 15 is 0 Å². The highest BCUT2D eigenvalue weighted by Crippen LogP contribution is 2.24. The number of hydrogen-bond donors (Lipinski definition) is 3. The molecule has 2 atom stereocenters. The van der Waals surface area contributed by atoms with E-state index in [2.05, 4.69) is 18.6 Å². The molecule has 0 radical (unpaired) electrons. The second-order valence-electron chi connectivity index (χ2n) is 9.50. The van der Waals surface area contributed by atoms with Gasteiger partial charge in [0.2, 0.25) is 0 Å². The van der Waals surface area contributed by atoms with E-state index in [1.54, 1.807) is 24.3 Å². The standard InChI is InChI=1S/C16H24O3.C15H22O3/c1-3-4-5-6-7-15(12-17)13-8-10-14(11-9-13)16(18)19-2;1-2-3-4-5-6-14(11-16)12-7-9-13(10-8-12)15(17)18/h8-11,15,17H,3-7,12H2,1-2H3;7-10,14,16H,2-6,11H2,1H3,(H,17,18). The Labute approximate surface area is 222 Å². The molecule has 2 rings (SSSR count). The molecule has 37 heavy (non-hydrogen) atoms. The molecule has 0 saturated carbocycles. The number of aromatic carboxylic acids is 1. The number of aliphatic hydroxyl groups is 2. The molecule has 6 nitrogen and oxygen atoms in total. The summed E-state index contributed by atoms with van der Waals surface area (Å²) in [5.41, 5.74) is 2.96. The Morgan fingerprint density at radius 2 is 1.08 bits per heavy atom. The molecule has 0 spiro atoms. The average molecular weight is 515 g/mol. The molecule has 0 aliphatic heterocycles. The van der Waals surface area contributed by atoms with Crippen molar-refractivity contribution < 1.29 is 29.6 Å². The highest BCUT2D eigenvalue weighted by Gasteiger charge is 2.12. The third-order valence-electron chi connectivity index (χ3n) is 6.69. The Morgan fingerprint density at radius 3 is 1.41 bits per heavy atom. The lowest BCUT2D eigenvalue weighted by atomic mass is 9.93. The number of carbonyl (C=O) groups excluding carboxylic acids is 1. The van der Waals surface area contributed by atoms with Gasteiger partial charge < -0.3 is 20.1 Å². The zero-order valence-corrected chi connectivity index (χ0v) is 22.8. The first kappa shape index (κ1) is 32.3. The smallest absolute Gasteiger partial charge is 0.337 e. The number of esters is 1. The van der Waals surface area contributed by atoms with Gasteiger partial charge in [0.15, 0.2) is 0 Å². The van der Waals surface area contributed by atoms with Crippen molar-refractivity contribution in [1.82, 2.24) is 0 Å². The van der Waals surface area contributed by atoms with Gasteiger partial charge in [-0.3, -0.25) is 0 Å². The van der Waals surface area contributed by atoms with Gasteiger partial charge in [0.1, 0.15) is 0 Å². The summed E-state index contributed by atoms with van der Waals surface area (Å²) in [6, 6.07) is 14.2. The molecule has 0 bridgehead atoms. The van der Waals surface area contributed by atoms with E-state index in [0.29, 0.717) is 11.1 Å². The van der Waals surface area contributed by atoms with Crippen molar-refractivity contribution in [3.63, 3.8) is 0 Å². The molecule has 3 N–H and O–H groups in total. The monoisotopic (exact) mass is 514 g/mol. The molecule has 2 aromatic rings. The summed E-state index contributed by atoms with van der Waals surface area (Å²) in [5, 5.41) is 27.7. The molecule has 0 saturated heterocycles. The van der Waals surface area contributed by atoms with Gasteiger partial charge in [-0.05, 0) is 48.2 Å². The molecule has 0 fully saturated rings. The van der Waals surface area contributed by atoms with Crippen molar-refractivity contribution in [2.75, 3.05) is 20.3 Å². The van der Waals surface area contributed by atoms with Crippen LogP contribution in [-0.2, 0) is 4.74 Å². The second kappa shape index (κ2) is 19.4. The quantitative estimate of drug-likeness (QED) is 0.165. The number of ether oxygens (including phenoxy) is 1. The van der Waals surface area contributed by atoms with Crippen LogP contribution in [0.2, 0.25) is 0 Å². The maximum absolute atomic E-state index is 11.3. The topological polar surface area (TPSA) is 104 Å². The lowest BCUT2D eigenvalue weighted by Gasteiger charge is -2.14. The summed E-state index contributed by atoms with van der Waals surface area (Å²) in [4.78, 5) is 22.1. The summed E-state index contributed by atoms with van der Waals surface area (Å²) in [6.45, 7) is 4.64. The molecule has 206 valence electrons. The Morgan fingerprint density at radius 1 is 0.676 bits per heavy atom. The van der Waals surface area contributed by atoms with Crippen LogP contribution in [0.1, 0.15) is 122 Å². The van der Waals surface area contributed by atoms with Crippen LogP contribution in [0.3, 0.4) is 0 Å². The number of methoxy groups -OCH3 is 1. The van der Waals surface area contributed by atoms with E-state index in [0.717, 1.165) is 36.8 Å². The van der Waals surface area contributed by atoms with Crippen molar-refractivity contribution >= 4 is 11.9 Å². The highest BCUT2D eigenvalue weighted by atomic mass is 16.5. The maximum Gasteiger partial charge on any atom is 0.337 e. The lowest BCUT2D eigenvalue weighted by Crippen LogP contribution is -2.06. The van der Waals surface area contributed by atoms with Crippen LogP contribution < -0.4 is 0 Å². The number of unbranched alkanes of at least 4 members (excludes halogenated alkanes) is 6. The van der Waals surface area contributed by atoms with E-state index in [-0.39, 0.29) is 31.0 Å². The number of hydrogen-bond acceptors (Lipinski definition) is 5. The molecule has 0 heterocycles. The zero-order valence-electron chi connectivity index (χ0n) is 22.8. The first-order chi connectivity index (χ1) is 17.9. The van der Waals surface area contributed by atoms with Gasteiger partial charge >= 0.3 is 11.9 Å². The Kier molecular flexibility index (Phi) is 17.0. The fraction of sp³-hybridized carbons (Fsp3) is 0.548. The minimum atomic E-state index is -0.912. The van der Waals surface area contributed by atoms with Gasteiger partial charge in [0.25, 0.3) is 0 Å². The summed E-state index contributed by atoms with van der Waals surface area (Å²) in [7, 11) is 1.38. The Hall–Kier alpha value is -2.70. The van der Waals surface area contributed by atoms with Gasteiger partial charge in [0.05, 0.1) is 18.2 Å². The Balaban J connectivity index is 0.000000371. The number of carboxylic acids is 1. The summed E-state index contributed by atoms with van der Waals surface area (Å²) < 4.78 is 4.67. The SMILES string of the molecule is CCCCCCC(CO)c1ccc(C(=O)O)cc1.CCCCCCC(CO)c1ccc(C(=O)OC)cc1. The number of carbonyl (C=O) groups is 2. The normalized spacial score (nSPS) is 12.2. The predicted octanol–water partition coefficient (Wildman–Crippen LogP) is 6.95. The van der Waals surface area contributed by atoms with Gasteiger partial charge in [-0.25, -0.2) is 9.59 Å². The number of benzene rings is 2. The molecule has 6 heteroatoms. The van der Waals surface area contributed by atoms with Crippen LogP contribution in [0.5, 0.6) is 0 Å². The molecule has 0 aliphatic rings.